The summed E-state index contributed by atoms with van der Waals surface area (Å²) in [5, 5.41) is 6.20. The van der Waals surface area contributed by atoms with Gasteiger partial charge in [0.25, 0.3) is 0 Å². The molecule has 1 unspecified atom stereocenters. The number of rotatable bonds is 5. The van der Waals surface area contributed by atoms with E-state index in [1.807, 2.05) is 36.4 Å². The zero-order valence-electron chi connectivity index (χ0n) is 27.6. The average Bonchev–Trinajstić information content (AvgIpc) is 3.60. The molecule has 0 aliphatic carbocycles. The van der Waals surface area contributed by atoms with E-state index in [2.05, 4.69) is 145 Å². The number of hydrogen-bond donors (Lipinski definition) is 1. The molecule has 0 fully saturated rings. The number of para-hydroxylation sites is 1. The third-order valence-electron chi connectivity index (χ3n) is 9.95. The van der Waals surface area contributed by atoms with Gasteiger partial charge in [-0.1, -0.05) is 152 Å². The Balaban J connectivity index is 1.14. The molecule has 0 saturated carbocycles. The molecule has 4 heteroatoms. The van der Waals surface area contributed by atoms with E-state index < -0.39 is 0 Å². The maximum absolute atomic E-state index is 6.37. The topological polar surface area (TPSA) is 51.0 Å². The normalized spacial score (nSPS) is 13.5. The van der Waals surface area contributed by atoms with Crippen molar-refractivity contribution >= 4 is 27.6 Å². The molecular weight excluding hydrogens is 623 g/mol. The van der Waals surface area contributed by atoms with E-state index in [1.54, 1.807) is 0 Å². The fourth-order valence-electron chi connectivity index (χ4n) is 7.47. The Kier molecular flexibility index (Phi) is 6.85. The molecule has 1 aliphatic rings. The largest absolute Gasteiger partial charge is 0.456 e. The molecule has 1 aliphatic heterocycles. The Morgan fingerprint density at radius 2 is 1.08 bits per heavy atom. The Morgan fingerprint density at radius 3 is 1.84 bits per heavy atom. The SMILES string of the molecule is c1ccc(-c2ccc(-c3cc(-c4ccc5c(c4)NC(c4ccccc4)c4ccc6oc7ccccc7c6c4-5)nc(-c4ccccc4)n3)cc2)cc1. The van der Waals surface area contributed by atoms with Gasteiger partial charge in [0.1, 0.15) is 11.2 Å². The molecule has 51 heavy (non-hydrogen) atoms. The number of nitrogens with one attached hydrogen (secondary N) is 1. The van der Waals surface area contributed by atoms with Crippen LogP contribution in [0, 0.1) is 0 Å². The fourth-order valence-corrected chi connectivity index (χ4v) is 7.47. The highest BCUT2D eigenvalue weighted by molar-refractivity contribution is 6.15. The number of hydrogen-bond acceptors (Lipinski definition) is 4. The van der Waals surface area contributed by atoms with Crippen molar-refractivity contribution in [2.24, 2.45) is 0 Å². The maximum Gasteiger partial charge on any atom is 0.160 e. The van der Waals surface area contributed by atoms with Crippen LogP contribution in [0.4, 0.5) is 5.69 Å². The minimum Gasteiger partial charge on any atom is -0.456 e. The van der Waals surface area contributed by atoms with Crippen LogP contribution in [0.2, 0.25) is 0 Å². The van der Waals surface area contributed by atoms with Crippen LogP contribution in [0.1, 0.15) is 17.2 Å². The summed E-state index contributed by atoms with van der Waals surface area (Å²) in [4.78, 5) is 10.3. The summed E-state index contributed by atoms with van der Waals surface area (Å²) in [7, 11) is 0. The van der Waals surface area contributed by atoms with Gasteiger partial charge in [-0.05, 0) is 46.5 Å². The molecule has 10 rings (SSSR count). The van der Waals surface area contributed by atoms with Crippen molar-refractivity contribution in [3.05, 3.63) is 187 Å². The van der Waals surface area contributed by atoms with Crippen LogP contribution < -0.4 is 5.32 Å². The minimum absolute atomic E-state index is 0.0361. The molecule has 0 bridgehead atoms. The molecule has 7 aromatic carbocycles. The van der Waals surface area contributed by atoms with E-state index in [0.29, 0.717) is 5.82 Å². The first-order chi connectivity index (χ1) is 25.3. The van der Waals surface area contributed by atoms with Crippen LogP contribution >= 0.6 is 0 Å². The Bertz CT molecular complexity index is 2700. The van der Waals surface area contributed by atoms with E-state index in [0.717, 1.165) is 61.3 Å². The molecule has 1 atom stereocenters. The average molecular weight is 654 g/mol. The first-order valence-corrected chi connectivity index (χ1v) is 17.3. The lowest BCUT2D eigenvalue weighted by Crippen LogP contribution is -2.18. The van der Waals surface area contributed by atoms with Gasteiger partial charge in [0, 0.05) is 44.3 Å². The molecule has 3 heterocycles. The van der Waals surface area contributed by atoms with Crippen molar-refractivity contribution in [3.8, 4) is 56.2 Å². The first kappa shape index (κ1) is 29.2. The molecule has 4 nitrogen and oxygen atoms in total. The molecule has 0 spiro atoms. The summed E-state index contributed by atoms with van der Waals surface area (Å²) in [6, 6.07) is 61.4. The highest BCUT2D eigenvalue weighted by atomic mass is 16.3. The van der Waals surface area contributed by atoms with Gasteiger partial charge in [0.15, 0.2) is 5.82 Å². The van der Waals surface area contributed by atoms with Crippen LogP contribution in [0.25, 0.3) is 78.1 Å². The van der Waals surface area contributed by atoms with Crippen LogP contribution in [-0.4, -0.2) is 9.97 Å². The van der Waals surface area contributed by atoms with Crippen LogP contribution in [-0.2, 0) is 0 Å². The van der Waals surface area contributed by atoms with Crippen molar-refractivity contribution in [1.82, 2.24) is 9.97 Å². The Morgan fingerprint density at radius 1 is 0.471 bits per heavy atom. The summed E-state index contributed by atoms with van der Waals surface area (Å²) < 4.78 is 6.37. The number of benzene rings is 7. The molecule has 0 amide bonds. The lowest BCUT2D eigenvalue weighted by molar-refractivity contribution is 0.668. The third-order valence-corrected chi connectivity index (χ3v) is 9.95. The van der Waals surface area contributed by atoms with Gasteiger partial charge in [-0.2, -0.15) is 0 Å². The van der Waals surface area contributed by atoms with E-state index in [-0.39, 0.29) is 6.04 Å². The van der Waals surface area contributed by atoms with Crippen LogP contribution in [0.5, 0.6) is 0 Å². The zero-order chi connectivity index (χ0) is 33.7. The van der Waals surface area contributed by atoms with E-state index >= 15 is 0 Å². The fraction of sp³-hybridized carbons (Fsp3) is 0.0213. The zero-order valence-corrected chi connectivity index (χ0v) is 27.6. The maximum atomic E-state index is 6.37. The first-order valence-electron chi connectivity index (χ1n) is 17.3. The van der Waals surface area contributed by atoms with Gasteiger partial charge in [0.2, 0.25) is 0 Å². The second kappa shape index (κ2) is 12.0. The van der Waals surface area contributed by atoms with Gasteiger partial charge < -0.3 is 9.73 Å². The number of furan rings is 1. The van der Waals surface area contributed by atoms with Gasteiger partial charge in [-0.3, -0.25) is 0 Å². The molecular formula is C47H31N3O. The summed E-state index contributed by atoms with van der Waals surface area (Å²) in [5.74, 6) is 0.694. The Labute approximate surface area is 295 Å². The predicted molar refractivity (Wildman–Crippen MR) is 208 cm³/mol. The van der Waals surface area contributed by atoms with Crippen molar-refractivity contribution in [2.75, 3.05) is 5.32 Å². The smallest absolute Gasteiger partial charge is 0.160 e. The van der Waals surface area contributed by atoms with E-state index in [1.165, 1.54) is 27.8 Å². The Hall–Kier alpha value is -6.78. The van der Waals surface area contributed by atoms with Crippen LogP contribution in [0.15, 0.2) is 180 Å². The highest BCUT2D eigenvalue weighted by Crippen LogP contribution is 2.49. The molecule has 0 radical (unpaired) electrons. The van der Waals surface area contributed by atoms with Crippen molar-refractivity contribution in [3.63, 3.8) is 0 Å². The third kappa shape index (κ3) is 5.08. The lowest BCUT2D eigenvalue weighted by atomic mass is 9.83. The minimum atomic E-state index is -0.0361. The standard InChI is InChI=1S/C47H31N3O/c1-4-12-30(13-5-1)31-20-22-32(23-21-31)39-29-40(50-47(49-39)34-16-8-3-9-17-34)35-24-25-36-41(28-35)48-46(33-14-6-2-7-15-33)38-26-27-43-45(44(36)38)37-18-10-11-19-42(37)51-43/h1-29,46,48H. The number of fused-ring (bicyclic) bond motifs is 7. The van der Waals surface area contributed by atoms with Crippen molar-refractivity contribution in [1.29, 1.82) is 0 Å². The summed E-state index contributed by atoms with van der Waals surface area (Å²) in [5.41, 5.74) is 14.8. The highest BCUT2D eigenvalue weighted by Gasteiger charge is 2.29. The van der Waals surface area contributed by atoms with Gasteiger partial charge in [-0.15, -0.1) is 0 Å². The molecule has 240 valence electrons. The predicted octanol–water partition coefficient (Wildman–Crippen LogP) is 12.2. The van der Waals surface area contributed by atoms with Gasteiger partial charge in [0.05, 0.1) is 17.4 Å². The number of aromatic nitrogens is 2. The monoisotopic (exact) mass is 653 g/mol. The van der Waals surface area contributed by atoms with Crippen molar-refractivity contribution in [2.45, 2.75) is 6.04 Å². The summed E-state index contributed by atoms with van der Waals surface area (Å²) >= 11 is 0. The van der Waals surface area contributed by atoms with Gasteiger partial charge in [-0.25, -0.2) is 9.97 Å². The lowest BCUT2D eigenvalue weighted by Gasteiger charge is -2.31. The number of anilines is 1. The summed E-state index contributed by atoms with van der Waals surface area (Å²) in [6.45, 7) is 0. The molecule has 0 saturated heterocycles. The number of nitrogens with zero attached hydrogens (tertiary/aromatic N) is 2. The quantitative estimate of drug-likeness (QED) is 0.201. The molecule has 2 aromatic heterocycles. The summed E-state index contributed by atoms with van der Waals surface area (Å²) in [6.07, 6.45) is 0. The van der Waals surface area contributed by atoms with Crippen LogP contribution in [0.3, 0.4) is 0 Å². The second-order valence-electron chi connectivity index (χ2n) is 13.0. The molecule has 9 aromatic rings. The second-order valence-corrected chi connectivity index (χ2v) is 13.0. The van der Waals surface area contributed by atoms with E-state index in [4.69, 9.17) is 14.4 Å². The van der Waals surface area contributed by atoms with Gasteiger partial charge >= 0.3 is 0 Å². The molecule has 1 N–H and O–H groups in total. The van der Waals surface area contributed by atoms with E-state index in [9.17, 15) is 0 Å². The van der Waals surface area contributed by atoms with Crippen molar-refractivity contribution < 1.29 is 4.42 Å².